The SMILES string of the molecule is CCN(CC)CCCCCCCCCCCCCCCCCCC=C(C)C(=O)O. The Morgan fingerprint density at radius 1 is 0.655 bits per heavy atom. The van der Waals surface area contributed by atoms with E-state index in [0.29, 0.717) is 5.57 Å². The van der Waals surface area contributed by atoms with Crippen LogP contribution in [0.15, 0.2) is 11.6 Å². The maximum absolute atomic E-state index is 10.7. The lowest BCUT2D eigenvalue weighted by atomic mass is 10.0. The first kappa shape index (κ1) is 28.2. The van der Waals surface area contributed by atoms with Gasteiger partial charge in [0.05, 0.1) is 0 Å². The minimum absolute atomic E-state index is 0.482. The number of hydrogen-bond donors (Lipinski definition) is 1. The van der Waals surface area contributed by atoms with Crippen LogP contribution in [-0.2, 0) is 4.79 Å². The molecule has 3 nitrogen and oxygen atoms in total. The lowest BCUT2D eigenvalue weighted by Gasteiger charge is -2.17. The molecule has 0 aliphatic carbocycles. The first-order valence-electron chi connectivity index (χ1n) is 12.7. The topological polar surface area (TPSA) is 40.5 Å². The second-order valence-corrected chi connectivity index (χ2v) is 8.66. The molecule has 0 aromatic heterocycles. The number of carboxylic acids is 1. The highest BCUT2D eigenvalue weighted by Gasteiger charge is 1.99. The number of allylic oxidation sites excluding steroid dienone is 1. The molecule has 0 heterocycles. The minimum atomic E-state index is -0.786. The van der Waals surface area contributed by atoms with E-state index in [1.54, 1.807) is 6.92 Å². The predicted octanol–water partition coefficient (Wildman–Crippen LogP) is 7.99. The lowest BCUT2D eigenvalue weighted by Crippen LogP contribution is -2.23. The van der Waals surface area contributed by atoms with Gasteiger partial charge in [0.1, 0.15) is 0 Å². The van der Waals surface area contributed by atoms with Gasteiger partial charge in [0.25, 0.3) is 0 Å². The largest absolute Gasteiger partial charge is 0.478 e. The van der Waals surface area contributed by atoms with Gasteiger partial charge in [0, 0.05) is 5.57 Å². The molecule has 0 aromatic carbocycles. The molecule has 172 valence electrons. The molecule has 1 N–H and O–H groups in total. The monoisotopic (exact) mass is 409 g/mol. The Kier molecular flexibility index (Phi) is 21.2. The zero-order valence-electron chi connectivity index (χ0n) is 20.0. The summed E-state index contributed by atoms with van der Waals surface area (Å²) in [5.41, 5.74) is 0.482. The zero-order chi connectivity index (χ0) is 21.6. The third-order valence-electron chi connectivity index (χ3n) is 6.11. The molecular weight excluding hydrogens is 358 g/mol. The molecule has 0 saturated carbocycles. The quantitative estimate of drug-likeness (QED) is 0.145. The van der Waals surface area contributed by atoms with Gasteiger partial charge >= 0.3 is 5.97 Å². The van der Waals surface area contributed by atoms with Gasteiger partial charge in [-0.2, -0.15) is 0 Å². The number of carboxylic acid groups (broad SMARTS) is 1. The van der Waals surface area contributed by atoms with Gasteiger partial charge in [-0.25, -0.2) is 4.79 Å². The first-order chi connectivity index (χ1) is 14.1. The molecule has 3 heteroatoms. The van der Waals surface area contributed by atoms with E-state index in [-0.39, 0.29) is 0 Å². The number of hydrogen-bond acceptors (Lipinski definition) is 2. The summed E-state index contributed by atoms with van der Waals surface area (Å²) in [6.45, 7) is 9.89. The molecule has 0 bridgehead atoms. The van der Waals surface area contributed by atoms with E-state index in [1.165, 1.54) is 116 Å². The van der Waals surface area contributed by atoms with Crippen LogP contribution in [-0.4, -0.2) is 35.6 Å². The highest BCUT2D eigenvalue weighted by molar-refractivity contribution is 5.85. The van der Waals surface area contributed by atoms with Gasteiger partial charge in [-0.15, -0.1) is 0 Å². The number of nitrogens with zero attached hydrogens (tertiary/aromatic N) is 1. The second kappa shape index (κ2) is 21.9. The second-order valence-electron chi connectivity index (χ2n) is 8.66. The van der Waals surface area contributed by atoms with Crippen LogP contribution in [0.4, 0.5) is 0 Å². The molecule has 0 unspecified atom stereocenters. The van der Waals surface area contributed by atoms with E-state index in [9.17, 15) is 4.79 Å². The summed E-state index contributed by atoms with van der Waals surface area (Å²) < 4.78 is 0. The molecule has 0 atom stereocenters. The van der Waals surface area contributed by atoms with Crippen LogP contribution in [0.25, 0.3) is 0 Å². The maximum Gasteiger partial charge on any atom is 0.330 e. The number of unbranched alkanes of at least 4 members (excludes halogenated alkanes) is 16. The van der Waals surface area contributed by atoms with E-state index in [0.717, 1.165) is 12.8 Å². The van der Waals surface area contributed by atoms with Gasteiger partial charge < -0.3 is 10.0 Å². The van der Waals surface area contributed by atoms with Crippen molar-refractivity contribution in [1.82, 2.24) is 4.90 Å². The smallest absolute Gasteiger partial charge is 0.330 e. The summed E-state index contributed by atoms with van der Waals surface area (Å²) >= 11 is 0. The predicted molar refractivity (Wildman–Crippen MR) is 128 cm³/mol. The van der Waals surface area contributed by atoms with Crippen LogP contribution in [0.1, 0.15) is 130 Å². The highest BCUT2D eigenvalue weighted by Crippen LogP contribution is 2.14. The Bertz CT molecular complexity index is 388. The van der Waals surface area contributed by atoms with Crippen molar-refractivity contribution >= 4 is 5.97 Å². The zero-order valence-corrected chi connectivity index (χ0v) is 20.0. The molecule has 0 saturated heterocycles. The summed E-state index contributed by atoms with van der Waals surface area (Å²) in [5.74, 6) is -0.786. The molecule has 0 fully saturated rings. The van der Waals surface area contributed by atoms with Gasteiger partial charge in [-0.05, 0) is 45.8 Å². The molecular formula is C26H51NO2. The Balaban J connectivity index is 3.15. The molecule has 29 heavy (non-hydrogen) atoms. The normalized spacial score (nSPS) is 12.1. The third kappa shape index (κ3) is 20.2. The number of carbonyl (C=O) groups is 1. The average Bonchev–Trinajstić information content (AvgIpc) is 2.72. The molecule has 0 aliphatic heterocycles. The summed E-state index contributed by atoms with van der Waals surface area (Å²) in [4.78, 5) is 13.2. The molecule has 0 radical (unpaired) electrons. The number of aliphatic carboxylic acids is 1. The summed E-state index contributed by atoms with van der Waals surface area (Å²) in [6, 6.07) is 0. The minimum Gasteiger partial charge on any atom is -0.478 e. The highest BCUT2D eigenvalue weighted by atomic mass is 16.4. The van der Waals surface area contributed by atoms with Gasteiger partial charge in [0.2, 0.25) is 0 Å². The average molecular weight is 410 g/mol. The number of rotatable bonds is 22. The summed E-state index contributed by atoms with van der Waals surface area (Å²) in [6.07, 6.45) is 24.8. The Morgan fingerprint density at radius 3 is 1.34 bits per heavy atom. The van der Waals surface area contributed by atoms with E-state index in [2.05, 4.69) is 18.7 Å². The van der Waals surface area contributed by atoms with Gasteiger partial charge in [-0.1, -0.05) is 110 Å². The van der Waals surface area contributed by atoms with Crippen molar-refractivity contribution in [2.24, 2.45) is 0 Å². The van der Waals surface area contributed by atoms with Crippen LogP contribution in [0.3, 0.4) is 0 Å². The van der Waals surface area contributed by atoms with Crippen molar-refractivity contribution < 1.29 is 9.90 Å². The lowest BCUT2D eigenvalue weighted by molar-refractivity contribution is -0.132. The molecule has 0 aliphatic rings. The van der Waals surface area contributed by atoms with Gasteiger partial charge in [-0.3, -0.25) is 0 Å². The maximum atomic E-state index is 10.7. The standard InChI is InChI=1S/C26H51NO2/c1-4-27(5-2)24-22-20-18-16-14-12-10-8-6-7-9-11-13-15-17-19-21-23-25(3)26(28)29/h23H,4-22,24H2,1-3H3,(H,28,29). The Labute approximate surface area is 182 Å². The molecule has 0 spiro atoms. The van der Waals surface area contributed by atoms with E-state index < -0.39 is 5.97 Å². The Hall–Kier alpha value is -0.830. The fourth-order valence-corrected chi connectivity index (χ4v) is 3.90. The van der Waals surface area contributed by atoms with Crippen LogP contribution in [0.5, 0.6) is 0 Å². The van der Waals surface area contributed by atoms with E-state index in [4.69, 9.17) is 5.11 Å². The summed E-state index contributed by atoms with van der Waals surface area (Å²) in [5, 5.41) is 8.79. The van der Waals surface area contributed by atoms with Gasteiger partial charge in [0.15, 0.2) is 0 Å². The van der Waals surface area contributed by atoms with Crippen molar-refractivity contribution in [3.05, 3.63) is 11.6 Å². The fraction of sp³-hybridized carbons (Fsp3) is 0.885. The van der Waals surface area contributed by atoms with E-state index in [1.807, 2.05) is 6.08 Å². The molecule has 0 rings (SSSR count). The Morgan fingerprint density at radius 2 is 1.00 bits per heavy atom. The van der Waals surface area contributed by atoms with Crippen LogP contribution >= 0.6 is 0 Å². The van der Waals surface area contributed by atoms with Crippen molar-refractivity contribution in [1.29, 1.82) is 0 Å². The molecule has 0 aromatic rings. The van der Waals surface area contributed by atoms with Crippen LogP contribution < -0.4 is 0 Å². The molecule has 0 amide bonds. The van der Waals surface area contributed by atoms with Crippen molar-refractivity contribution in [3.63, 3.8) is 0 Å². The summed E-state index contributed by atoms with van der Waals surface area (Å²) in [7, 11) is 0. The van der Waals surface area contributed by atoms with Crippen LogP contribution in [0, 0.1) is 0 Å². The van der Waals surface area contributed by atoms with Crippen molar-refractivity contribution in [2.75, 3.05) is 19.6 Å². The van der Waals surface area contributed by atoms with Crippen molar-refractivity contribution in [2.45, 2.75) is 130 Å². The van der Waals surface area contributed by atoms with E-state index >= 15 is 0 Å². The first-order valence-corrected chi connectivity index (χ1v) is 12.7. The third-order valence-corrected chi connectivity index (χ3v) is 6.11. The fourth-order valence-electron chi connectivity index (χ4n) is 3.90. The van der Waals surface area contributed by atoms with Crippen molar-refractivity contribution in [3.8, 4) is 0 Å². The van der Waals surface area contributed by atoms with Crippen LogP contribution in [0.2, 0.25) is 0 Å².